The van der Waals surface area contributed by atoms with Crippen LogP contribution in [0.15, 0.2) is 30.3 Å². The molecular formula is C23H29N3O4. The number of carbonyl (C=O) groups excluding carboxylic acids is 2. The van der Waals surface area contributed by atoms with Gasteiger partial charge in [0.25, 0.3) is 5.91 Å². The van der Waals surface area contributed by atoms with Crippen molar-refractivity contribution in [2.75, 3.05) is 46.0 Å². The van der Waals surface area contributed by atoms with E-state index in [2.05, 4.69) is 0 Å². The molecule has 0 spiro atoms. The van der Waals surface area contributed by atoms with E-state index >= 15 is 0 Å². The normalized spacial score (nSPS) is 19.6. The molecule has 2 aromatic rings. The minimum Gasteiger partial charge on any atom is -0.378 e. The summed E-state index contributed by atoms with van der Waals surface area (Å²) < 4.78 is 10.9. The maximum Gasteiger partial charge on any atom is 0.254 e. The largest absolute Gasteiger partial charge is 0.378 e. The van der Waals surface area contributed by atoms with Crippen molar-refractivity contribution in [2.24, 2.45) is 0 Å². The molecule has 0 N–H and O–H groups in total. The van der Waals surface area contributed by atoms with Gasteiger partial charge in [0.2, 0.25) is 5.91 Å². The molecule has 0 unspecified atom stereocenters. The SMILES string of the molecule is CC(C)OCC(=O)N1CC[C@@H](c2cc(C(=O)N3CCOCC3)c3ccccc3n2)C1. The van der Waals surface area contributed by atoms with Crippen LogP contribution < -0.4 is 0 Å². The van der Waals surface area contributed by atoms with E-state index < -0.39 is 0 Å². The Balaban J connectivity index is 1.58. The third-order valence-electron chi connectivity index (χ3n) is 5.76. The van der Waals surface area contributed by atoms with Gasteiger partial charge in [-0.25, -0.2) is 0 Å². The van der Waals surface area contributed by atoms with Gasteiger partial charge in [0.15, 0.2) is 0 Å². The van der Waals surface area contributed by atoms with Gasteiger partial charge in [-0.1, -0.05) is 18.2 Å². The molecule has 1 aromatic heterocycles. The zero-order chi connectivity index (χ0) is 21.1. The number of para-hydroxylation sites is 1. The summed E-state index contributed by atoms with van der Waals surface area (Å²) in [4.78, 5) is 34.2. The standard InChI is InChI=1S/C23H29N3O4/c1-16(2)30-15-22(27)26-8-7-17(14-26)21-13-19(18-5-3-4-6-20(18)24-21)23(28)25-9-11-29-12-10-25/h3-6,13,16-17H,7-12,14-15H2,1-2H3/t17-/m1/s1. The number of pyridine rings is 1. The highest BCUT2D eigenvalue weighted by atomic mass is 16.5. The average Bonchev–Trinajstić information content (AvgIpc) is 3.27. The summed E-state index contributed by atoms with van der Waals surface area (Å²) in [6, 6.07) is 9.71. The summed E-state index contributed by atoms with van der Waals surface area (Å²) in [6.45, 7) is 7.59. The van der Waals surface area contributed by atoms with E-state index in [0.29, 0.717) is 45.0 Å². The summed E-state index contributed by atoms with van der Waals surface area (Å²) in [6.07, 6.45) is 0.868. The van der Waals surface area contributed by atoms with Crippen LogP contribution in [-0.4, -0.2) is 78.7 Å². The number of likely N-dealkylation sites (tertiary alicyclic amines) is 1. The van der Waals surface area contributed by atoms with E-state index in [9.17, 15) is 9.59 Å². The van der Waals surface area contributed by atoms with E-state index in [1.165, 1.54) is 0 Å². The first-order valence-corrected chi connectivity index (χ1v) is 10.7. The molecule has 1 aromatic carbocycles. The predicted molar refractivity (Wildman–Crippen MR) is 113 cm³/mol. The minimum atomic E-state index is 0.0107. The average molecular weight is 412 g/mol. The molecule has 160 valence electrons. The molecule has 30 heavy (non-hydrogen) atoms. The van der Waals surface area contributed by atoms with Gasteiger partial charge in [0.05, 0.1) is 30.4 Å². The van der Waals surface area contributed by atoms with Gasteiger partial charge < -0.3 is 19.3 Å². The summed E-state index contributed by atoms with van der Waals surface area (Å²) >= 11 is 0. The third kappa shape index (κ3) is 4.47. The fraction of sp³-hybridized carbons (Fsp3) is 0.522. The second kappa shape index (κ2) is 9.10. The molecular weight excluding hydrogens is 382 g/mol. The van der Waals surface area contributed by atoms with Crippen molar-refractivity contribution in [3.05, 3.63) is 41.6 Å². The lowest BCUT2D eigenvalue weighted by molar-refractivity contribution is -0.136. The van der Waals surface area contributed by atoms with Crippen LogP contribution in [0, 0.1) is 0 Å². The predicted octanol–water partition coefficient (Wildman–Crippen LogP) is 2.45. The van der Waals surface area contributed by atoms with Crippen LogP contribution in [0.3, 0.4) is 0 Å². The van der Waals surface area contributed by atoms with Crippen molar-refractivity contribution in [1.82, 2.24) is 14.8 Å². The maximum absolute atomic E-state index is 13.3. The van der Waals surface area contributed by atoms with Crippen LogP contribution in [0.1, 0.15) is 42.2 Å². The van der Waals surface area contributed by atoms with Crippen LogP contribution in [-0.2, 0) is 14.3 Å². The van der Waals surface area contributed by atoms with E-state index in [4.69, 9.17) is 14.5 Å². The van der Waals surface area contributed by atoms with E-state index in [1.54, 1.807) is 0 Å². The van der Waals surface area contributed by atoms with Gasteiger partial charge in [-0.2, -0.15) is 0 Å². The lowest BCUT2D eigenvalue weighted by Gasteiger charge is -2.27. The Bertz CT molecular complexity index is 924. The molecule has 2 fully saturated rings. The van der Waals surface area contributed by atoms with Crippen LogP contribution in [0.2, 0.25) is 0 Å². The second-order valence-electron chi connectivity index (χ2n) is 8.20. The van der Waals surface area contributed by atoms with Crippen LogP contribution in [0.25, 0.3) is 10.9 Å². The van der Waals surface area contributed by atoms with Crippen molar-refractivity contribution in [3.63, 3.8) is 0 Å². The van der Waals surface area contributed by atoms with Gasteiger partial charge in [-0.15, -0.1) is 0 Å². The number of fused-ring (bicyclic) bond motifs is 1. The molecule has 2 amide bonds. The molecule has 3 heterocycles. The number of morpholine rings is 1. The minimum absolute atomic E-state index is 0.0107. The van der Waals surface area contributed by atoms with E-state index in [0.717, 1.165) is 23.0 Å². The first kappa shape index (κ1) is 20.8. The molecule has 2 aliphatic rings. The molecule has 0 saturated carbocycles. The Morgan fingerprint density at radius 1 is 1.17 bits per heavy atom. The quantitative estimate of drug-likeness (QED) is 0.756. The molecule has 0 bridgehead atoms. The van der Waals surface area contributed by atoms with Crippen LogP contribution >= 0.6 is 0 Å². The smallest absolute Gasteiger partial charge is 0.254 e. The zero-order valence-electron chi connectivity index (χ0n) is 17.7. The third-order valence-corrected chi connectivity index (χ3v) is 5.76. The highest BCUT2D eigenvalue weighted by molar-refractivity contribution is 6.06. The van der Waals surface area contributed by atoms with Gasteiger partial charge in [0.1, 0.15) is 6.61 Å². The molecule has 2 saturated heterocycles. The summed E-state index contributed by atoms with van der Waals surface area (Å²) in [7, 11) is 0. The maximum atomic E-state index is 13.3. The van der Waals surface area contributed by atoms with Crippen molar-refractivity contribution < 1.29 is 19.1 Å². The number of benzene rings is 1. The van der Waals surface area contributed by atoms with Gasteiger partial charge in [-0.3, -0.25) is 14.6 Å². The van der Waals surface area contributed by atoms with Crippen molar-refractivity contribution in [3.8, 4) is 0 Å². The first-order valence-electron chi connectivity index (χ1n) is 10.7. The van der Waals surface area contributed by atoms with E-state index in [-0.39, 0.29) is 30.4 Å². The lowest BCUT2D eigenvalue weighted by atomic mass is 9.99. The summed E-state index contributed by atoms with van der Waals surface area (Å²) in [5, 5.41) is 0.869. The molecule has 1 atom stereocenters. The number of nitrogens with zero attached hydrogens (tertiary/aromatic N) is 3. The number of ether oxygens (including phenoxy) is 2. The fourth-order valence-corrected chi connectivity index (χ4v) is 4.08. The summed E-state index contributed by atoms with van der Waals surface area (Å²) in [5.74, 6) is 0.153. The van der Waals surface area contributed by atoms with E-state index in [1.807, 2.05) is 54.0 Å². The first-order chi connectivity index (χ1) is 14.5. The fourth-order valence-electron chi connectivity index (χ4n) is 4.08. The topological polar surface area (TPSA) is 72.0 Å². The molecule has 0 aliphatic carbocycles. The number of rotatable bonds is 5. The molecule has 7 nitrogen and oxygen atoms in total. The Morgan fingerprint density at radius 2 is 1.93 bits per heavy atom. The van der Waals surface area contributed by atoms with Crippen molar-refractivity contribution in [2.45, 2.75) is 32.3 Å². The monoisotopic (exact) mass is 411 g/mol. The van der Waals surface area contributed by atoms with Gasteiger partial charge in [-0.05, 0) is 32.4 Å². The zero-order valence-corrected chi connectivity index (χ0v) is 17.7. The Morgan fingerprint density at radius 3 is 2.70 bits per heavy atom. The molecule has 7 heteroatoms. The van der Waals surface area contributed by atoms with Crippen molar-refractivity contribution >= 4 is 22.7 Å². The Labute approximate surface area is 177 Å². The Hall–Kier alpha value is -2.51. The Kier molecular flexibility index (Phi) is 6.29. The number of hydrogen-bond donors (Lipinski definition) is 0. The highest BCUT2D eigenvalue weighted by Gasteiger charge is 2.30. The number of carbonyl (C=O) groups is 2. The lowest BCUT2D eigenvalue weighted by Crippen LogP contribution is -2.40. The molecule has 4 rings (SSSR count). The highest BCUT2D eigenvalue weighted by Crippen LogP contribution is 2.30. The van der Waals surface area contributed by atoms with Gasteiger partial charge >= 0.3 is 0 Å². The second-order valence-corrected chi connectivity index (χ2v) is 8.20. The van der Waals surface area contributed by atoms with Crippen molar-refractivity contribution in [1.29, 1.82) is 0 Å². The number of hydrogen-bond acceptors (Lipinski definition) is 5. The molecule has 0 radical (unpaired) electrons. The number of amides is 2. The van der Waals surface area contributed by atoms with Crippen LogP contribution in [0.4, 0.5) is 0 Å². The van der Waals surface area contributed by atoms with Gasteiger partial charge in [0, 0.05) is 43.2 Å². The molecule has 2 aliphatic heterocycles. The van der Waals surface area contributed by atoms with Crippen LogP contribution in [0.5, 0.6) is 0 Å². The summed E-state index contributed by atoms with van der Waals surface area (Å²) in [5.41, 5.74) is 2.38. The number of aromatic nitrogens is 1.